The number of carbonyl (C=O) groups excluding carboxylic acids is 4. The summed E-state index contributed by atoms with van der Waals surface area (Å²) in [5.74, 6) is -1.58. The molecule has 3 aliphatic rings. The average molecular weight is 1760 g/mol. The quantitative estimate of drug-likeness (QED) is 0.00889. The number of carbonyl (C=O) groups is 4. The van der Waals surface area contributed by atoms with Gasteiger partial charge in [-0.05, 0) is 63.2 Å². The predicted octanol–water partition coefficient (Wildman–Crippen LogP) is 19.2. The van der Waals surface area contributed by atoms with Crippen LogP contribution in [-0.2, 0) is 70.7 Å². The van der Waals surface area contributed by atoms with Gasteiger partial charge in [-0.3, -0.25) is 28.2 Å². The number of rotatable bonds is 80. The van der Waals surface area contributed by atoms with Gasteiger partial charge in [-0.2, -0.15) is 0 Å². The van der Waals surface area contributed by atoms with Gasteiger partial charge >= 0.3 is 31.7 Å². The van der Waals surface area contributed by atoms with Crippen LogP contribution in [0.3, 0.4) is 0 Å². The summed E-state index contributed by atoms with van der Waals surface area (Å²) in [5, 5.41) is 103. The first kappa shape index (κ1) is 113. The van der Waals surface area contributed by atoms with Crippen LogP contribution in [0.4, 0.5) is 0 Å². The molecule has 3 rings (SSSR count). The van der Waals surface area contributed by atoms with E-state index in [1.807, 2.05) is 0 Å². The summed E-state index contributed by atoms with van der Waals surface area (Å²) < 4.78 is 73.7. The fourth-order valence-electron chi connectivity index (χ4n) is 16.7. The van der Waals surface area contributed by atoms with Crippen molar-refractivity contribution < 1.29 is 122 Å². The molecular weight excluding hydrogens is 1580 g/mol. The molecular formula is C96H179O25P. The van der Waals surface area contributed by atoms with Gasteiger partial charge < -0.3 is 88.7 Å². The van der Waals surface area contributed by atoms with Crippen molar-refractivity contribution in [3.8, 4) is 0 Å². The lowest BCUT2D eigenvalue weighted by atomic mass is 9.84. The van der Waals surface area contributed by atoms with Crippen molar-refractivity contribution in [3.63, 3.8) is 0 Å². The van der Waals surface area contributed by atoms with Crippen molar-refractivity contribution in [2.75, 3.05) is 26.4 Å². The first-order chi connectivity index (χ1) is 59.0. The molecule has 2 heterocycles. The van der Waals surface area contributed by atoms with Gasteiger partial charge in [0.05, 0.1) is 13.2 Å². The maximum Gasteiger partial charge on any atom is 0.472 e. The standard InChI is InChI=1S/C96H179O25P/c1-7-11-15-19-23-25-27-29-31-33-35-37-39-41-53-61-69-82(101)118-91-87(106)88(107)92(119-95-89(108)85(104)83(102)77(70-97)116-95)94(93(91)120-96-90(109)86(105)84(103)78(117-96)73-113-80(99)67-59-51-45-43-49-57-65-75(6)63-55-47-22-18-14-10-4)121-122(110,111)114-72-76(115-81(100)68-60-52-40-38-36-34-32-30-28-26-24-20-16-12-8-2)71-112-79(98)66-58-50-44-42-48-56-64-74(5)62-54-46-21-17-13-9-3/h26,28,74-78,83-97,102-109H,7-25,27,29-73H2,1-6H3,(H,110,111)/b28-26-. The molecule has 20 atom stereocenters. The van der Waals surface area contributed by atoms with Gasteiger partial charge in [0.1, 0.15) is 92.6 Å². The van der Waals surface area contributed by atoms with Gasteiger partial charge in [-0.1, -0.05) is 368 Å². The van der Waals surface area contributed by atoms with E-state index in [4.69, 9.17) is 46.9 Å². The van der Waals surface area contributed by atoms with Crippen molar-refractivity contribution in [2.24, 2.45) is 11.8 Å². The summed E-state index contributed by atoms with van der Waals surface area (Å²) in [4.78, 5) is 66.7. The first-order valence-electron chi connectivity index (χ1n) is 49.7. The van der Waals surface area contributed by atoms with Gasteiger partial charge in [-0.15, -0.1) is 0 Å². The molecule has 0 bridgehead atoms. The molecule has 1 aliphatic carbocycles. The Kier molecular flexibility index (Phi) is 67.8. The smallest absolute Gasteiger partial charge is 0.463 e. The van der Waals surface area contributed by atoms with E-state index in [2.05, 4.69) is 53.7 Å². The van der Waals surface area contributed by atoms with Crippen LogP contribution in [0.5, 0.6) is 0 Å². The van der Waals surface area contributed by atoms with E-state index < -0.39 is 162 Å². The normalized spacial score (nSPS) is 25.0. The highest BCUT2D eigenvalue weighted by atomic mass is 31.2. The van der Waals surface area contributed by atoms with Crippen molar-refractivity contribution >= 4 is 31.7 Å². The monoisotopic (exact) mass is 1760 g/mol. The Morgan fingerprint density at radius 1 is 0.344 bits per heavy atom. The van der Waals surface area contributed by atoms with E-state index in [0.717, 1.165) is 141 Å². The molecule has 2 saturated heterocycles. The van der Waals surface area contributed by atoms with Gasteiger partial charge in [0.25, 0.3) is 0 Å². The summed E-state index contributed by atoms with van der Waals surface area (Å²) in [6.45, 7) is 10.3. The fourth-order valence-corrected chi connectivity index (χ4v) is 17.7. The lowest BCUT2D eigenvalue weighted by molar-refractivity contribution is -0.360. The van der Waals surface area contributed by atoms with E-state index in [-0.39, 0.29) is 25.7 Å². The number of hydrogen-bond donors (Lipinski definition) is 10. The number of aliphatic hydroxyl groups is 9. The van der Waals surface area contributed by atoms with Crippen molar-refractivity contribution in [1.29, 1.82) is 0 Å². The summed E-state index contributed by atoms with van der Waals surface area (Å²) in [5.41, 5.74) is 0. The predicted molar refractivity (Wildman–Crippen MR) is 476 cm³/mol. The minimum atomic E-state index is -5.81. The topological polar surface area (TPSA) is 380 Å². The summed E-state index contributed by atoms with van der Waals surface area (Å²) in [6, 6.07) is 0. The molecule has 2 aliphatic heterocycles. The van der Waals surface area contributed by atoms with Crippen LogP contribution >= 0.6 is 7.82 Å². The van der Waals surface area contributed by atoms with E-state index >= 15 is 0 Å². The summed E-state index contributed by atoms with van der Waals surface area (Å²) >= 11 is 0. The SMILES string of the molecule is CCCCCC/C=C\CCCCCCCCCC(=O)OC(COC(=O)CCCCCCCCC(C)CCCCCCCC)COP(=O)(O)OC1C(OC2OC(CO)C(O)C(O)C2O)C(O)C(O)C(OC(=O)CCCCCCCCCCCCCCCCCC)C1OC1OC(COC(=O)CCCCCCCCC(C)CCCCCCCC)C(O)C(O)C1O. The van der Waals surface area contributed by atoms with Crippen molar-refractivity contribution in [2.45, 2.75) is 537 Å². The van der Waals surface area contributed by atoms with Gasteiger partial charge in [-0.25, -0.2) is 4.57 Å². The minimum Gasteiger partial charge on any atom is -0.463 e. The van der Waals surface area contributed by atoms with E-state index in [9.17, 15) is 74.6 Å². The maximum atomic E-state index is 15.0. The second kappa shape index (κ2) is 72.9. The molecule has 1 saturated carbocycles. The van der Waals surface area contributed by atoms with E-state index in [0.29, 0.717) is 50.4 Å². The molecule has 0 aromatic heterocycles. The number of phosphoric ester groups is 1. The lowest BCUT2D eigenvalue weighted by Gasteiger charge is -2.50. The number of ether oxygens (including phenoxy) is 8. The fraction of sp³-hybridized carbons (Fsp3) is 0.938. The third kappa shape index (κ3) is 52.8. The zero-order valence-corrected chi connectivity index (χ0v) is 78.0. The van der Waals surface area contributed by atoms with E-state index in [1.165, 1.54) is 186 Å². The first-order valence-corrected chi connectivity index (χ1v) is 51.2. The van der Waals surface area contributed by atoms with Crippen LogP contribution in [0.25, 0.3) is 0 Å². The Bertz CT molecular complexity index is 2610. The molecule has 20 unspecified atom stereocenters. The number of esters is 4. The van der Waals surface area contributed by atoms with Gasteiger partial charge in [0.15, 0.2) is 24.8 Å². The minimum absolute atomic E-state index is 0.0157. The molecule has 0 aromatic carbocycles. The Labute approximate surface area is 737 Å². The molecule has 0 amide bonds. The van der Waals surface area contributed by atoms with Crippen LogP contribution in [0.1, 0.15) is 433 Å². The van der Waals surface area contributed by atoms with Crippen molar-refractivity contribution in [1.82, 2.24) is 0 Å². The number of unbranched alkanes of at least 4 members (excludes halogenated alkanes) is 46. The van der Waals surface area contributed by atoms with Crippen LogP contribution in [0.15, 0.2) is 12.2 Å². The Morgan fingerprint density at radius 3 is 1.07 bits per heavy atom. The zero-order valence-electron chi connectivity index (χ0n) is 77.1. The average Bonchev–Trinajstić information content (AvgIpc) is 0.753. The highest BCUT2D eigenvalue weighted by molar-refractivity contribution is 7.47. The van der Waals surface area contributed by atoms with Gasteiger partial charge in [0, 0.05) is 25.7 Å². The Hall–Kier alpha value is -2.79. The number of phosphoric acid groups is 1. The summed E-state index contributed by atoms with van der Waals surface area (Å²) in [7, 11) is -5.81. The molecule has 718 valence electrons. The lowest BCUT2D eigenvalue weighted by Crippen LogP contribution is -2.70. The van der Waals surface area contributed by atoms with Crippen LogP contribution < -0.4 is 0 Å². The molecule has 10 N–H and O–H groups in total. The molecule has 26 heteroatoms. The Morgan fingerprint density at radius 2 is 0.664 bits per heavy atom. The largest absolute Gasteiger partial charge is 0.472 e. The molecule has 122 heavy (non-hydrogen) atoms. The molecule has 0 spiro atoms. The highest BCUT2D eigenvalue weighted by Gasteiger charge is 2.60. The highest BCUT2D eigenvalue weighted by Crippen LogP contribution is 2.49. The zero-order chi connectivity index (χ0) is 89.2. The third-order valence-electron chi connectivity index (χ3n) is 24.8. The second-order valence-corrected chi connectivity index (χ2v) is 37.6. The second-order valence-electron chi connectivity index (χ2n) is 36.2. The molecule has 0 radical (unpaired) electrons. The molecule has 25 nitrogen and oxygen atoms in total. The molecule has 3 fully saturated rings. The van der Waals surface area contributed by atoms with E-state index in [1.54, 1.807) is 0 Å². The van der Waals surface area contributed by atoms with Crippen molar-refractivity contribution in [3.05, 3.63) is 12.2 Å². The number of hydrogen-bond acceptors (Lipinski definition) is 24. The number of aliphatic hydroxyl groups excluding tert-OH is 9. The maximum absolute atomic E-state index is 15.0. The number of allylic oxidation sites excluding steroid dienone is 2. The van der Waals surface area contributed by atoms with Crippen LogP contribution in [0, 0.1) is 11.8 Å². The third-order valence-corrected chi connectivity index (χ3v) is 25.8. The van der Waals surface area contributed by atoms with Crippen LogP contribution in [0.2, 0.25) is 0 Å². The summed E-state index contributed by atoms with van der Waals surface area (Å²) in [6.07, 6.45) is 30.4. The van der Waals surface area contributed by atoms with Crippen LogP contribution in [-0.4, -0.2) is 205 Å². The molecule has 0 aromatic rings. The Balaban J connectivity index is 1.91. The van der Waals surface area contributed by atoms with Gasteiger partial charge in [0.2, 0.25) is 0 Å².